The number of carbonyl (C=O) groups is 1. The maximum Gasteiger partial charge on any atom is 0.224 e. The highest BCUT2D eigenvalue weighted by Gasteiger charge is 2.29. The molecule has 2 atom stereocenters. The summed E-state index contributed by atoms with van der Waals surface area (Å²) in [5, 5.41) is 3.77. The molecule has 0 bridgehead atoms. The summed E-state index contributed by atoms with van der Waals surface area (Å²) in [6.07, 6.45) is 7.47. The highest BCUT2D eigenvalue weighted by Crippen LogP contribution is 2.33. The van der Waals surface area contributed by atoms with Crippen LogP contribution in [-0.4, -0.2) is 24.0 Å². The first kappa shape index (κ1) is 15.5. The summed E-state index contributed by atoms with van der Waals surface area (Å²) in [7, 11) is 0. The van der Waals surface area contributed by atoms with E-state index in [9.17, 15) is 4.79 Å². The molecule has 22 heavy (non-hydrogen) atoms. The molecule has 3 nitrogen and oxygen atoms in total. The van der Waals surface area contributed by atoms with Crippen LogP contribution in [0.1, 0.15) is 57.6 Å². The van der Waals surface area contributed by atoms with Crippen LogP contribution in [0, 0.1) is 0 Å². The van der Waals surface area contributed by atoms with Crippen LogP contribution in [0.5, 0.6) is 0 Å². The van der Waals surface area contributed by atoms with Crippen LogP contribution in [0.25, 0.3) is 0 Å². The predicted octanol–water partition coefficient (Wildman–Crippen LogP) is 3.45. The fourth-order valence-corrected chi connectivity index (χ4v) is 4.20. The summed E-state index contributed by atoms with van der Waals surface area (Å²) >= 11 is 0. The first-order valence-corrected chi connectivity index (χ1v) is 8.72. The number of fused-ring (bicyclic) bond motifs is 1. The summed E-state index contributed by atoms with van der Waals surface area (Å²) in [6.45, 7) is 6.08. The largest absolute Gasteiger partial charge is 0.311 e. The van der Waals surface area contributed by atoms with E-state index in [4.69, 9.17) is 0 Å². The van der Waals surface area contributed by atoms with Crippen LogP contribution in [0.4, 0.5) is 5.69 Å². The third-order valence-corrected chi connectivity index (χ3v) is 5.12. The van der Waals surface area contributed by atoms with Gasteiger partial charge in [0.1, 0.15) is 0 Å². The first-order chi connectivity index (χ1) is 10.5. The van der Waals surface area contributed by atoms with Crippen molar-refractivity contribution < 1.29 is 4.79 Å². The molecule has 2 unspecified atom stereocenters. The molecule has 0 saturated heterocycles. The smallest absolute Gasteiger partial charge is 0.224 e. The molecule has 1 saturated carbocycles. The third kappa shape index (κ3) is 3.19. The molecule has 2 aliphatic rings. The molecule has 120 valence electrons. The molecule has 0 radical (unpaired) electrons. The molecular weight excluding hydrogens is 272 g/mol. The lowest BCUT2D eigenvalue weighted by Gasteiger charge is -2.21. The Morgan fingerprint density at radius 3 is 2.77 bits per heavy atom. The molecule has 1 aromatic rings. The lowest BCUT2D eigenvalue weighted by atomic mass is 10.0. The monoisotopic (exact) mass is 300 g/mol. The second-order valence-corrected chi connectivity index (χ2v) is 7.16. The summed E-state index contributed by atoms with van der Waals surface area (Å²) in [4.78, 5) is 13.7. The second-order valence-electron chi connectivity index (χ2n) is 7.16. The van der Waals surface area contributed by atoms with Crippen molar-refractivity contribution in [2.24, 2.45) is 0 Å². The number of hydrogen-bond donors (Lipinski definition) is 1. The van der Waals surface area contributed by atoms with E-state index in [-0.39, 0.29) is 11.9 Å². The number of carbonyl (C=O) groups excluding carboxylic acids is 1. The molecule has 1 fully saturated rings. The van der Waals surface area contributed by atoms with Gasteiger partial charge in [0.2, 0.25) is 5.91 Å². The fourth-order valence-electron chi connectivity index (χ4n) is 4.20. The Hall–Kier alpha value is -1.35. The van der Waals surface area contributed by atoms with Crippen molar-refractivity contribution in [1.29, 1.82) is 0 Å². The number of nitrogens with zero attached hydrogens (tertiary/aromatic N) is 1. The molecule has 1 aliphatic heterocycles. The molecule has 1 aliphatic carbocycles. The molecule has 0 aromatic heterocycles. The van der Waals surface area contributed by atoms with Crippen LogP contribution in [0.15, 0.2) is 18.2 Å². The van der Waals surface area contributed by atoms with Crippen LogP contribution in [-0.2, 0) is 17.6 Å². The van der Waals surface area contributed by atoms with Gasteiger partial charge in [0.15, 0.2) is 0 Å². The number of amides is 1. The van der Waals surface area contributed by atoms with Crippen LogP contribution in [0.3, 0.4) is 0 Å². The normalized spacial score (nSPS) is 22.9. The Kier molecular flexibility index (Phi) is 4.53. The predicted molar refractivity (Wildman–Crippen MR) is 91.3 cm³/mol. The van der Waals surface area contributed by atoms with E-state index in [1.807, 2.05) is 4.90 Å². The van der Waals surface area contributed by atoms with Gasteiger partial charge in [-0.05, 0) is 56.7 Å². The molecule has 1 aromatic carbocycles. The van der Waals surface area contributed by atoms with E-state index in [0.717, 1.165) is 24.6 Å². The summed E-state index contributed by atoms with van der Waals surface area (Å²) in [5.41, 5.74) is 3.82. The third-order valence-electron chi connectivity index (χ3n) is 5.12. The number of benzene rings is 1. The zero-order valence-electron chi connectivity index (χ0n) is 14.1. The molecule has 0 spiro atoms. The van der Waals surface area contributed by atoms with Gasteiger partial charge in [-0.3, -0.25) is 4.79 Å². The lowest BCUT2D eigenvalue weighted by Crippen LogP contribution is -2.35. The zero-order chi connectivity index (χ0) is 15.7. The van der Waals surface area contributed by atoms with E-state index >= 15 is 0 Å². The Bertz CT molecular complexity index is 548. The fraction of sp³-hybridized carbons (Fsp3) is 0.632. The van der Waals surface area contributed by atoms with Crippen LogP contribution in [0.2, 0.25) is 0 Å². The van der Waals surface area contributed by atoms with E-state index in [0.29, 0.717) is 6.04 Å². The Balaban J connectivity index is 1.66. The maximum absolute atomic E-state index is 11.8. The molecule has 3 rings (SSSR count). The summed E-state index contributed by atoms with van der Waals surface area (Å²) < 4.78 is 0. The van der Waals surface area contributed by atoms with Gasteiger partial charge in [0.05, 0.1) is 0 Å². The molecule has 3 heteroatoms. The van der Waals surface area contributed by atoms with Crippen molar-refractivity contribution in [3.8, 4) is 0 Å². The topological polar surface area (TPSA) is 32.3 Å². The highest BCUT2D eigenvalue weighted by atomic mass is 16.2. The van der Waals surface area contributed by atoms with E-state index in [1.165, 1.54) is 36.8 Å². The molecule has 1 heterocycles. The van der Waals surface area contributed by atoms with E-state index < -0.39 is 0 Å². The zero-order valence-corrected chi connectivity index (χ0v) is 14.1. The van der Waals surface area contributed by atoms with Gasteiger partial charge in [-0.2, -0.15) is 0 Å². The van der Waals surface area contributed by atoms with Gasteiger partial charge in [0.25, 0.3) is 0 Å². The van der Waals surface area contributed by atoms with Crippen molar-refractivity contribution in [2.45, 2.75) is 77.4 Å². The van der Waals surface area contributed by atoms with Crippen molar-refractivity contribution in [3.63, 3.8) is 0 Å². The average molecular weight is 300 g/mol. The summed E-state index contributed by atoms with van der Waals surface area (Å²) in [5.74, 6) is 0.148. The van der Waals surface area contributed by atoms with E-state index in [2.05, 4.69) is 37.4 Å². The van der Waals surface area contributed by atoms with Crippen LogP contribution < -0.4 is 10.2 Å². The minimum absolute atomic E-state index is 0.148. The second kappa shape index (κ2) is 6.41. The molecular formula is C19H28N2O. The van der Waals surface area contributed by atoms with Gasteiger partial charge >= 0.3 is 0 Å². The van der Waals surface area contributed by atoms with Gasteiger partial charge in [0, 0.05) is 30.7 Å². The number of nitrogens with one attached hydrogen (secondary N) is 1. The number of hydrogen-bond acceptors (Lipinski definition) is 2. The first-order valence-electron chi connectivity index (χ1n) is 8.72. The van der Waals surface area contributed by atoms with Gasteiger partial charge in [-0.25, -0.2) is 0 Å². The molecule has 1 N–H and O–H groups in total. The van der Waals surface area contributed by atoms with E-state index in [1.54, 1.807) is 6.92 Å². The van der Waals surface area contributed by atoms with Gasteiger partial charge < -0.3 is 10.2 Å². The SMILES string of the molecule is CC(=O)N1c2ccc(CC(C)NC3CCCC3)cc2CC1C. The quantitative estimate of drug-likeness (QED) is 0.923. The number of rotatable bonds is 4. The minimum Gasteiger partial charge on any atom is -0.311 e. The standard InChI is InChI=1S/C19H28N2O/c1-13(20-18-6-4-5-7-18)10-16-8-9-19-17(12-16)11-14(2)21(19)15(3)22/h8-9,12-14,18,20H,4-7,10-11H2,1-3H3. The van der Waals surface area contributed by atoms with Gasteiger partial charge in [-0.1, -0.05) is 25.0 Å². The Labute approximate surface area is 134 Å². The van der Waals surface area contributed by atoms with Crippen molar-refractivity contribution in [2.75, 3.05) is 4.90 Å². The average Bonchev–Trinajstić information content (AvgIpc) is 3.04. The number of anilines is 1. The van der Waals surface area contributed by atoms with Crippen molar-refractivity contribution >= 4 is 11.6 Å². The Morgan fingerprint density at radius 1 is 1.36 bits per heavy atom. The van der Waals surface area contributed by atoms with Crippen molar-refractivity contribution in [3.05, 3.63) is 29.3 Å². The van der Waals surface area contributed by atoms with Gasteiger partial charge in [-0.15, -0.1) is 0 Å². The maximum atomic E-state index is 11.8. The van der Waals surface area contributed by atoms with Crippen molar-refractivity contribution in [1.82, 2.24) is 5.32 Å². The van der Waals surface area contributed by atoms with Crippen LogP contribution >= 0.6 is 0 Å². The molecule has 1 amide bonds. The Morgan fingerprint density at radius 2 is 2.09 bits per heavy atom. The summed E-state index contributed by atoms with van der Waals surface area (Å²) in [6, 6.07) is 8.16. The highest BCUT2D eigenvalue weighted by molar-refractivity contribution is 5.94. The minimum atomic E-state index is 0.148. The lowest BCUT2D eigenvalue weighted by molar-refractivity contribution is -0.116.